The third kappa shape index (κ3) is 4.11. The lowest BCUT2D eigenvalue weighted by atomic mass is 10.1. The summed E-state index contributed by atoms with van der Waals surface area (Å²) in [4.78, 5) is 2.45. The molecule has 0 aromatic carbocycles. The molecule has 0 saturated carbocycles. The molecule has 3 aliphatic rings. The second kappa shape index (κ2) is 8.22. The van der Waals surface area contributed by atoms with Crippen LogP contribution in [0.15, 0.2) is 12.0 Å². The summed E-state index contributed by atoms with van der Waals surface area (Å²) < 4.78 is 16.1. The summed E-state index contributed by atoms with van der Waals surface area (Å²) >= 11 is 6.25. The highest BCUT2D eigenvalue weighted by atomic mass is 32.4. The lowest BCUT2D eigenvalue weighted by Crippen LogP contribution is -2.42. The Labute approximate surface area is 139 Å². The molecule has 22 heavy (non-hydrogen) atoms. The summed E-state index contributed by atoms with van der Waals surface area (Å²) in [5.41, 5.74) is 0. The molecule has 3 fully saturated rings. The molecule has 0 aromatic rings. The third-order valence-corrected chi connectivity index (χ3v) is 9.34. The quantitative estimate of drug-likeness (QED) is 0.723. The van der Waals surface area contributed by atoms with Gasteiger partial charge in [-0.1, -0.05) is 11.8 Å². The van der Waals surface area contributed by atoms with Crippen molar-refractivity contribution in [2.24, 2.45) is 0 Å². The first-order valence-corrected chi connectivity index (χ1v) is 11.3. The van der Waals surface area contributed by atoms with E-state index in [1.807, 2.05) is 0 Å². The Morgan fingerprint density at radius 3 is 1.73 bits per heavy atom. The number of piperidine rings is 1. The van der Waals surface area contributed by atoms with Gasteiger partial charge in [0.25, 0.3) is 0 Å². The van der Waals surface area contributed by atoms with Crippen LogP contribution in [-0.4, -0.2) is 79.9 Å². The summed E-state index contributed by atoms with van der Waals surface area (Å²) in [6.45, 7) is 9.41. The highest BCUT2D eigenvalue weighted by Gasteiger charge is 2.32. The van der Waals surface area contributed by atoms with Crippen LogP contribution in [0.1, 0.15) is 19.3 Å². The molecule has 0 atom stereocenters. The first-order valence-electron chi connectivity index (χ1n) is 8.48. The van der Waals surface area contributed by atoms with Gasteiger partial charge < -0.3 is 14.4 Å². The molecule has 126 valence electrons. The van der Waals surface area contributed by atoms with Crippen molar-refractivity contribution in [2.45, 2.75) is 19.3 Å². The molecule has 3 aliphatic heterocycles. The van der Waals surface area contributed by atoms with Gasteiger partial charge in [0.1, 0.15) is 6.34 Å². The van der Waals surface area contributed by atoms with Gasteiger partial charge >= 0.3 is 0 Å². The Balaban J connectivity index is 1.74. The molecule has 0 spiro atoms. The van der Waals surface area contributed by atoms with Gasteiger partial charge in [0, 0.05) is 45.5 Å². The molecule has 0 unspecified atom stereocenters. The van der Waals surface area contributed by atoms with Gasteiger partial charge in [-0.2, -0.15) is 0 Å². The van der Waals surface area contributed by atoms with E-state index in [-0.39, 0.29) is 0 Å². The zero-order valence-corrected chi connectivity index (χ0v) is 15.1. The number of rotatable bonds is 4. The third-order valence-electron chi connectivity index (χ3n) is 4.65. The molecule has 3 heterocycles. The van der Waals surface area contributed by atoms with E-state index in [1.54, 1.807) is 0 Å². The maximum absolute atomic E-state index is 6.25. The Kier molecular flexibility index (Phi) is 6.31. The number of hydrogen-bond donors (Lipinski definition) is 0. The van der Waals surface area contributed by atoms with Crippen molar-refractivity contribution in [1.82, 2.24) is 14.2 Å². The molecule has 3 rings (SSSR count). The van der Waals surface area contributed by atoms with E-state index < -0.39 is 6.34 Å². The zero-order chi connectivity index (χ0) is 15.3. The molecule has 0 N–H and O–H groups in total. The molecule has 0 radical (unpaired) electrons. The summed E-state index contributed by atoms with van der Waals surface area (Å²) in [6, 6.07) is 0. The minimum absolute atomic E-state index is 0.806. The Bertz CT molecular complexity index is 395. The van der Waals surface area contributed by atoms with E-state index in [1.165, 1.54) is 32.4 Å². The van der Waals surface area contributed by atoms with Crippen molar-refractivity contribution in [1.29, 1.82) is 0 Å². The van der Waals surface area contributed by atoms with E-state index in [0.717, 1.165) is 52.6 Å². The molecule has 0 amide bonds. The normalized spacial score (nSPS) is 26.6. The fourth-order valence-electron chi connectivity index (χ4n) is 3.30. The van der Waals surface area contributed by atoms with Crippen LogP contribution < -0.4 is 0 Å². The van der Waals surface area contributed by atoms with Crippen LogP contribution in [0.4, 0.5) is 0 Å². The van der Waals surface area contributed by atoms with Crippen molar-refractivity contribution in [3.8, 4) is 0 Å². The van der Waals surface area contributed by atoms with E-state index >= 15 is 0 Å². The molecule has 5 nitrogen and oxygen atoms in total. The Morgan fingerprint density at radius 1 is 0.727 bits per heavy atom. The van der Waals surface area contributed by atoms with Gasteiger partial charge in [0.05, 0.1) is 26.4 Å². The largest absolute Gasteiger partial charge is 0.379 e. The highest BCUT2D eigenvalue weighted by Crippen LogP contribution is 2.55. The summed E-state index contributed by atoms with van der Waals surface area (Å²) in [6.07, 6.45) is 4.46. The molecule has 0 bridgehead atoms. The smallest absolute Gasteiger partial charge is 0.101 e. The van der Waals surface area contributed by atoms with Crippen LogP contribution >= 0.6 is 6.34 Å². The number of morpholine rings is 2. The van der Waals surface area contributed by atoms with E-state index in [9.17, 15) is 0 Å². The summed E-state index contributed by atoms with van der Waals surface area (Å²) in [5, 5.41) is 0. The van der Waals surface area contributed by atoms with Crippen LogP contribution in [0.25, 0.3) is 0 Å². The Morgan fingerprint density at radius 2 is 1.23 bits per heavy atom. The molecule has 0 aromatic heterocycles. The lowest BCUT2D eigenvalue weighted by Gasteiger charge is -2.44. The van der Waals surface area contributed by atoms with Crippen molar-refractivity contribution < 1.29 is 9.47 Å². The monoisotopic (exact) mass is 345 g/mol. The van der Waals surface area contributed by atoms with Crippen LogP contribution in [0.2, 0.25) is 0 Å². The topological polar surface area (TPSA) is 28.2 Å². The predicted octanol–water partition coefficient (Wildman–Crippen LogP) is 1.92. The van der Waals surface area contributed by atoms with E-state index in [0.29, 0.717) is 0 Å². The first-order chi connectivity index (χ1) is 10.8. The average Bonchev–Trinajstić information content (AvgIpc) is 2.62. The fraction of sp³-hybridized carbons (Fsp3) is 0.867. The minimum Gasteiger partial charge on any atom is -0.379 e. The van der Waals surface area contributed by atoms with Crippen LogP contribution in [0.5, 0.6) is 0 Å². The molecule has 3 saturated heterocycles. The first kappa shape index (κ1) is 16.9. The predicted molar refractivity (Wildman–Crippen MR) is 93.6 cm³/mol. The van der Waals surface area contributed by atoms with Crippen LogP contribution in [0.3, 0.4) is 0 Å². The zero-order valence-electron chi connectivity index (χ0n) is 13.4. The maximum atomic E-state index is 6.25. The van der Waals surface area contributed by atoms with E-state index in [4.69, 9.17) is 21.3 Å². The van der Waals surface area contributed by atoms with Crippen molar-refractivity contribution in [3.63, 3.8) is 0 Å². The fourth-order valence-corrected chi connectivity index (χ4v) is 7.01. The van der Waals surface area contributed by atoms with Gasteiger partial charge in [-0.25, -0.2) is 0 Å². The molecular weight excluding hydrogens is 317 g/mol. The van der Waals surface area contributed by atoms with E-state index in [2.05, 4.69) is 26.3 Å². The molecule has 7 heteroatoms. The molecular formula is C15H28N3O2PS. The number of hydrogen-bond acceptors (Lipinski definition) is 4. The number of likely N-dealkylation sites (tertiary alicyclic amines) is 1. The van der Waals surface area contributed by atoms with Gasteiger partial charge in [0.15, 0.2) is 0 Å². The average molecular weight is 345 g/mol. The second-order valence-electron chi connectivity index (χ2n) is 6.12. The standard InChI is InChI=1S/C15H28N3O2PS/c22-21(17-6-11-19-12-7-17,18-8-13-20-14-9-18)15-10-16-4-2-1-3-5-16/h10,15H,1-9,11-14H2. The SMILES string of the molecule is S=P(C=CN1CCCCC1)(N1CCOCC1)N1CCOCC1. The van der Waals surface area contributed by atoms with Crippen LogP contribution in [0, 0.1) is 0 Å². The van der Waals surface area contributed by atoms with Crippen LogP contribution in [-0.2, 0) is 21.3 Å². The minimum atomic E-state index is -1.82. The van der Waals surface area contributed by atoms with Crippen molar-refractivity contribution >= 4 is 18.1 Å². The van der Waals surface area contributed by atoms with Crippen molar-refractivity contribution in [3.05, 3.63) is 12.0 Å². The van der Waals surface area contributed by atoms with Gasteiger partial charge in [0.2, 0.25) is 0 Å². The Hall–Kier alpha value is 0.0300. The number of nitrogens with zero attached hydrogens (tertiary/aromatic N) is 3. The highest BCUT2D eigenvalue weighted by molar-refractivity contribution is 8.13. The lowest BCUT2D eigenvalue weighted by molar-refractivity contribution is 0.0588. The maximum Gasteiger partial charge on any atom is 0.101 e. The van der Waals surface area contributed by atoms with Gasteiger partial charge in [-0.15, -0.1) is 0 Å². The van der Waals surface area contributed by atoms with Crippen molar-refractivity contribution in [2.75, 3.05) is 65.7 Å². The number of ether oxygens (including phenoxy) is 2. The molecule has 0 aliphatic carbocycles. The second-order valence-corrected chi connectivity index (χ2v) is 10.3. The van der Waals surface area contributed by atoms with Gasteiger partial charge in [-0.3, -0.25) is 9.34 Å². The summed E-state index contributed by atoms with van der Waals surface area (Å²) in [7, 11) is 0. The summed E-state index contributed by atoms with van der Waals surface area (Å²) in [5.74, 6) is 2.35. The van der Waals surface area contributed by atoms with Gasteiger partial charge in [-0.05, 0) is 25.1 Å².